The molecule has 1 aromatic heterocycles. The summed E-state index contributed by atoms with van der Waals surface area (Å²) in [4.78, 5) is 36.9. The molecule has 0 saturated carbocycles. The molecule has 1 saturated heterocycles. The largest absolute Gasteiger partial charge is 0.461 e. The maximum atomic E-state index is 12.1. The number of nitrogens with one attached hydrogen (secondary N) is 2. The fraction of sp³-hybridized carbons (Fsp3) is 0.316. The van der Waals surface area contributed by atoms with Crippen molar-refractivity contribution in [3.63, 3.8) is 0 Å². The second-order valence-electron chi connectivity index (χ2n) is 6.24. The van der Waals surface area contributed by atoms with Crippen LogP contribution < -0.4 is 15.5 Å². The van der Waals surface area contributed by atoms with Crippen LogP contribution in [-0.2, 0) is 14.3 Å². The molecule has 2 amide bonds. The summed E-state index contributed by atoms with van der Waals surface area (Å²) < 4.78 is 5.57. The van der Waals surface area contributed by atoms with E-state index in [1.165, 1.54) is 11.3 Å². The first kappa shape index (κ1) is 20.2. The molecule has 1 aliphatic rings. The van der Waals surface area contributed by atoms with Crippen molar-refractivity contribution in [2.45, 2.75) is 18.9 Å². The third kappa shape index (κ3) is 5.24. The highest BCUT2D eigenvalue weighted by Crippen LogP contribution is 2.23. The van der Waals surface area contributed by atoms with Gasteiger partial charge >= 0.3 is 0 Å². The summed E-state index contributed by atoms with van der Waals surface area (Å²) in [6.45, 7) is 1.60. The zero-order valence-electron chi connectivity index (χ0n) is 15.0. The van der Waals surface area contributed by atoms with Crippen LogP contribution in [0.25, 0.3) is 0 Å². The number of benzene rings is 1. The van der Waals surface area contributed by atoms with Gasteiger partial charge in [-0.3, -0.25) is 14.4 Å². The van der Waals surface area contributed by atoms with E-state index in [1.807, 2.05) is 24.3 Å². The minimum atomic E-state index is -0.531. The molecule has 1 atom stereocenters. The summed E-state index contributed by atoms with van der Waals surface area (Å²) in [6, 6.07) is 10.8. The summed E-state index contributed by atoms with van der Waals surface area (Å²) in [6.07, 6.45) is 0.942. The van der Waals surface area contributed by atoms with Crippen LogP contribution in [0, 0.1) is 0 Å². The van der Waals surface area contributed by atoms with Gasteiger partial charge in [-0.05, 0) is 42.8 Å². The van der Waals surface area contributed by atoms with Gasteiger partial charge in [0.05, 0.1) is 22.3 Å². The lowest BCUT2D eigenvalue weighted by atomic mass is 10.2. The molecule has 2 heterocycles. The van der Waals surface area contributed by atoms with Crippen LogP contribution in [0.1, 0.15) is 22.5 Å². The molecule has 0 aliphatic carbocycles. The summed E-state index contributed by atoms with van der Waals surface area (Å²) in [7, 11) is 0. The van der Waals surface area contributed by atoms with Crippen LogP contribution in [0.5, 0.6) is 0 Å². The molecule has 1 fully saturated rings. The Morgan fingerprint density at radius 1 is 1.25 bits per heavy atom. The van der Waals surface area contributed by atoms with Crippen LogP contribution in [0.4, 0.5) is 11.4 Å². The molecular formula is C19H20ClN3O4S. The average Bonchev–Trinajstić information content (AvgIpc) is 3.32. The predicted molar refractivity (Wildman–Crippen MR) is 109 cm³/mol. The van der Waals surface area contributed by atoms with Crippen molar-refractivity contribution >= 4 is 52.6 Å². The maximum Gasteiger partial charge on any atom is 0.293 e. The lowest BCUT2D eigenvalue weighted by Crippen LogP contribution is -2.37. The quantitative estimate of drug-likeness (QED) is 0.608. The molecule has 1 aromatic carbocycles. The number of rotatable bonds is 9. The van der Waals surface area contributed by atoms with Crippen LogP contribution in [0.2, 0.25) is 4.34 Å². The number of anilines is 2. The number of hydrogen-bond donors (Lipinski definition) is 2. The second kappa shape index (κ2) is 9.57. The maximum absolute atomic E-state index is 12.1. The van der Waals surface area contributed by atoms with E-state index in [-0.39, 0.29) is 18.4 Å². The van der Waals surface area contributed by atoms with Crippen molar-refractivity contribution in [3.05, 3.63) is 45.6 Å². The average molecular weight is 422 g/mol. The molecule has 0 radical (unpaired) electrons. The van der Waals surface area contributed by atoms with Crippen molar-refractivity contribution in [2.24, 2.45) is 0 Å². The Morgan fingerprint density at radius 3 is 2.64 bits per heavy atom. The van der Waals surface area contributed by atoms with E-state index >= 15 is 0 Å². The normalized spacial score (nSPS) is 14.6. The monoisotopic (exact) mass is 421 g/mol. The number of thiophene rings is 1. The number of carbonyl (C=O) groups is 3. The third-order valence-corrected chi connectivity index (χ3v) is 5.55. The molecule has 0 bridgehead atoms. The van der Waals surface area contributed by atoms with Crippen molar-refractivity contribution in [1.82, 2.24) is 5.32 Å². The van der Waals surface area contributed by atoms with Crippen molar-refractivity contribution in [1.29, 1.82) is 0 Å². The first-order valence-electron chi connectivity index (χ1n) is 8.84. The lowest BCUT2D eigenvalue weighted by Gasteiger charge is -2.18. The van der Waals surface area contributed by atoms with Gasteiger partial charge in [-0.25, -0.2) is 0 Å². The van der Waals surface area contributed by atoms with Gasteiger partial charge in [-0.15, -0.1) is 11.3 Å². The number of halogens is 1. The van der Waals surface area contributed by atoms with Gasteiger partial charge in [0, 0.05) is 24.3 Å². The molecule has 1 aliphatic heterocycles. The Morgan fingerprint density at radius 2 is 2.04 bits per heavy atom. The number of nitrogens with zero attached hydrogens (tertiary/aromatic N) is 1. The Labute approximate surface area is 171 Å². The molecule has 3 rings (SSSR count). The highest BCUT2D eigenvalue weighted by molar-refractivity contribution is 7.17. The molecule has 148 valence electrons. The molecular weight excluding hydrogens is 402 g/mol. The van der Waals surface area contributed by atoms with Crippen LogP contribution >= 0.6 is 22.9 Å². The summed E-state index contributed by atoms with van der Waals surface area (Å²) in [5.41, 5.74) is 1.70. The fourth-order valence-electron chi connectivity index (χ4n) is 2.89. The van der Waals surface area contributed by atoms with Crippen LogP contribution in [-0.4, -0.2) is 44.0 Å². The molecule has 7 nitrogen and oxygen atoms in total. The van der Waals surface area contributed by atoms with E-state index in [1.54, 1.807) is 17.0 Å². The minimum absolute atomic E-state index is 0.142. The summed E-state index contributed by atoms with van der Waals surface area (Å²) >= 11 is 7.01. The second-order valence-corrected chi connectivity index (χ2v) is 7.96. The Hall–Kier alpha value is -2.58. The van der Waals surface area contributed by atoms with E-state index < -0.39 is 6.10 Å². The predicted octanol–water partition coefficient (Wildman–Crippen LogP) is 2.91. The first-order valence-corrected chi connectivity index (χ1v) is 10.0. The van der Waals surface area contributed by atoms with Crippen LogP contribution in [0.3, 0.4) is 0 Å². The van der Waals surface area contributed by atoms with Gasteiger partial charge in [0.2, 0.25) is 5.91 Å². The Bertz CT molecular complexity index is 840. The minimum Gasteiger partial charge on any atom is -0.461 e. The Balaban J connectivity index is 1.50. The summed E-state index contributed by atoms with van der Waals surface area (Å²) in [5, 5.41) is 5.90. The highest BCUT2D eigenvalue weighted by Gasteiger charge is 2.21. The number of ether oxygens (including phenoxy) is 1. The van der Waals surface area contributed by atoms with Gasteiger partial charge < -0.3 is 20.3 Å². The smallest absolute Gasteiger partial charge is 0.293 e. The van der Waals surface area contributed by atoms with Crippen LogP contribution in [0.15, 0.2) is 36.4 Å². The van der Waals surface area contributed by atoms with Gasteiger partial charge in [0.25, 0.3) is 12.4 Å². The van der Waals surface area contributed by atoms with E-state index in [9.17, 15) is 14.4 Å². The van der Waals surface area contributed by atoms with Gasteiger partial charge in [0.1, 0.15) is 6.10 Å². The van der Waals surface area contributed by atoms with E-state index in [0.29, 0.717) is 28.7 Å². The molecule has 0 spiro atoms. The third-order valence-electron chi connectivity index (χ3n) is 4.32. The topological polar surface area (TPSA) is 87.7 Å². The highest BCUT2D eigenvalue weighted by atomic mass is 35.5. The summed E-state index contributed by atoms with van der Waals surface area (Å²) in [5.74, 6) is -0.126. The number of carbonyl (C=O) groups excluding carboxylic acids is 3. The van der Waals surface area contributed by atoms with Gasteiger partial charge in [-0.2, -0.15) is 0 Å². The lowest BCUT2D eigenvalue weighted by molar-refractivity contribution is -0.132. The van der Waals surface area contributed by atoms with Gasteiger partial charge in [-0.1, -0.05) is 11.6 Å². The molecule has 2 aromatic rings. The fourth-order valence-corrected chi connectivity index (χ4v) is 3.85. The van der Waals surface area contributed by atoms with Crippen molar-refractivity contribution in [3.8, 4) is 0 Å². The molecule has 2 N–H and O–H groups in total. The van der Waals surface area contributed by atoms with Crippen molar-refractivity contribution in [2.75, 3.05) is 29.9 Å². The van der Waals surface area contributed by atoms with E-state index in [2.05, 4.69) is 10.6 Å². The first-order chi connectivity index (χ1) is 13.6. The van der Waals surface area contributed by atoms with Gasteiger partial charge in [0.15, 0.2) is 0 Å². The zero-order valence-corrected chi connectivity index (χ0v) is 16.6. The standard InChI is InChI=1S/C19H20ClN3O4S/c20-17-8-7-16(28-17)19(26)22-11-15(27-12-24)10-21-13-3-5-14(6-4-13)23-9-1-2-18(23)25/h3-8,12,15,21H,1-2,9-11H2,(H,22,26)/t15-/m1/s1. The number of amides is 2. The van der Waals surface area contributed by atoms with Crippen molar-refractivity contribution < 1.29 is 19.1 Å². The molecule has 9 heteroatoms. The zero-order chi connectivity index (χ0) is 19.9. The SMILES string of the molecule is O=CO[C@@H](CNC(=O)c1ccc(Cl)s1)CNc1ccc(N2CCCC2=O)cc1. The molecule has 28 heavy (non-hydrogen) atoms. The Kier molecular flexibility index (Phi) is 6.89. The molecule has 0 unspecified atom stereocenters. The number of hydrogen-bond acceptors (Lipinski definition) is 6. The van der Waals surface area contributed by atoms with E-state index in [0.717, 1.165) is 24.3 Å². The van der Waals surface area contributed by atoms with E-state index in [4.69, 9.17) is 16.3 Å².